The number of nitrogens with one attached hydrogen (secondary N) is 1. The van der Waals surface area contributed by atoms with E-state index in [1.54, 1.807) is 11.3 Å². The van der Waals surface area contributed by atoms with Gasteiger partial charge in [0, 0.05) is 24.7 Å². The SMILES string of the molecule is Cc1cccc(-c2sc(C)nc2C(=O)N2C[C@H]3C[C@H]3[C@H]2CNC(=O)c2nc3sccn3c2C)c1. The molecule has 3 atom stereocenters. The van der Waals surface area contributed by atoms with E-state index in [0.29, 0.717) is 29.8 Å². The number of likely N-dealkylation sites (tertiary alicyclic amines) is 1. The average molecular weight is 492 g/mol. The van der Waals surface area contributed by atoms with Gasteiger partial charge in [0.15, 0.2) is 10.7 Å². The Balaban J connectivity index is 1.23. The molecule has 2 amide bonds. The number of nitrogens with zero attached hydrogens (tertiary/aromatic N) is 4. The van der Waals surface area contributed by atoms with Crippen molar-refractivity contribution < 1.29 is 9.59 Å². The molecule has 1 aromatic carbocycles. The number of thiazole rings is 2. The smallest absolute Gasteiger partial charge is 0.274 e. The van der Waals surface area contributed by atoms with Crippen LogP contribution in [0.15, 0.2) is 35.8 Å². The molecule has 6 rings (SSSR count). The zero-order chi connectivity index (χ0) is 23.6. The molecule has 34 heavy (non-hydrogen) atoms. The summed E-state index contributed by atoms with van der Waals surface area (Å²) >= 11 is 3.07. The van der Waals surface area contributed by atoms with E-state index in [4.69, 9.17) is 0 Å². The zero-order valence-corrected chi connectivity index (χ0v) is 20.9. The van der Waals surface area contributed by atoms with Gasteiger partial charge in [0.2, 0.25) is 0 Å². The van der Waals surface area contributed by atoms with Crippen LogP contribution in [-0.2, 0) is 0 Å². The van der Waals surface area contributed by atoms with Crippen molar-refractivity contribution >= 4 is 39.4 Å². The molecule has 0 bridgehead atoms. The molecule has 4 aromatic rings. The fraction of sp³-hybridized carbons (Fsp3) is 0.360. The minimum atomic E-state index is -0.185. The molecule has 1 aliphatic heterocycles. The number of rotatable bonds is 5. The van der Waals surface area contributed by atoms with Crippen molar-refractivity contribution in [2.45, 2.75) is 33.2 Å². The summed E-state index contributed by atoms with van der Waals surface area (Å²) in [4.78, 5) is 39.4. The number of hydrogen-bond donors (Lipinski definition) is 1. The van der Waals surface area contributed by atoms with Crippen molar-refractivity contribution in [1.82, 2.24) is 24.6 Å². The Morgan fingerprint density at radius 3 is 2.82 bits per heavy atom. The molecule has 1 saturated heterocycles. The summed E-state index contributed by atoms with van der Waals surface area (Å²) in [5, 5.41) is 5.90. The summed E-state index contributed by atoms with van der Waals surface area (Å²) in [6.45, 7) is 7.06. The van der Waals surface area contributed by atoms with Gasteiger partial charge in [-0.15, -0.1) is 22.7 Å². The second-order valence-electron chi connectivity index (χ2n) is 9.28. The van der Waals surface area contributed by atoms with E-state index in [2.05, 4.69) is 34.3 Å². The van der Waals surface area contributed by atoms with Crippen LogP contribution in [0.5, 0.6) is 0 Å². The van der Waals surface area contributed by atoms with Crippen LogP contribution in [-0.4, -0.2) is 50.2 Å². The fourth-order valence-electron chi connectivity index (χ4n) is 5.15. The number of carbonyl (C=O) groups is 2. The first-order valence-corrected chi connectivity index (χ1v) is 13.2. The topological polar surface area (TPSA) is 79.6 Å². The lowest BCUT2D eigenvalue weighted by molar-refractivity contribution is 0.0690. The summed E-state index contributed by atoms with van der Waals surface area (Å²) in [6, 6.07) is 8.18. The fourth-order valence-corrected chi connectivity index (χ4v) is 6.82. The molecular weight excluding hydrogens is 466 g/mol. The number of fused-ring (bicyclic) bond motifs is 2. The number of imidazole rings is 1. The predicted molar refractivity (Wildman–Crippen MR) is 134 cm³/mol. The van der Waals surface area contributed by atoms with Crippen LogP contribution in [0.25, 0.3) is 15.4 Å². The van der Waals surface area contributed by atoms with E-state index in [-0.39, 0.29) is 17.9 Å². The molecule has 4 heterocycles. The first-order valence-electron chi connectivity index (χ1n) is 11.5. The number of benzene rings is 1. The number of carbonyl (C=O) groups excluding carboxylic acids is 2. The molecule has 0 radical (unpaired) electrons. The highest BCUT2D eigenvalue weighted by Gasteiger charge is 2.54. The van der Waals surface area contributed by atoms with E-state index in [1.807, 2.05) is 46.9 Å². The monoisotopic (exact) mass is 491 g/mol. The van der Waals surface area contributed by atoms with E-state index in [9.17, 15) is 9.59 Å². The van der Waals surface area contributed by atoms with Crippen LogP contribution in [0.1, 0.15) is 43.7 Å². The van der Waals surface area contributed by atoms with Crippen LogP contribution < -0.4 is 5.32 Å². The number of piperidine rings is 1. The molecule has 0 spiro atoms. The Hall–Kier alpha value is -3.04. The largest absolute Gasteiger partial charge is 0.349 e. The highest BCUT2D eigenvalue weighted by atomic mass is 32.1. The minimum Gasteiger partial charge on any atom is -0.349 e. The van der Waals surface area contributed by atoms with E-state index in [1.165, 1.54) is 11.3 Å². The van der Waals surface area contributed by atoms with Gasteiger partial charge in [-0.05, 0) is 44.6 Å². The maximum absolute atomic E-state index is 13.7. The molecule has 9 heteroatoms. The maximum Gasteiger partial charge on any atom is 0.274 e. The molecule has 2 aliphatic rings. The van der Waals surface area contributed by atoms with Gasteiger partial charge >= 0.3 is 0 Å². The van der Waals surface area contributed by atoms with Gasteiger partial charge in [-0.1, -0.05) is 29.8 Å². The van der Waals surface area contributed by atoms with E-state index < -0.39 is 0 Å². The van der Waals surface area contributed by atoms with E-state index in [0.717, 1.165) is 44.6 Å². The number of amides is 2. The molecule has 3 aromatic heterocycles. The van der Waals surface area contributed by atoms with Crippen LogP contribution in [0.2, 0.25) is 0 Å². The lowest BCUT2D eigenvalue weighted by Gasteiger charge is -2.27. The molecule has 1 N–H and O–H groups in total. The lowest BCUT2D eigenvalue weighted by Crippen LogP contribution is -2.46. The third-order valence-electron chi connectivity index (χ3n) is 6.97. The van der Waals surface area contributed by atoms with Crippen molar-refractivity contribution in [2.24, 2.45) is 11.8 Å². The number of aromatic nitrogens is 3. The quantitative estimate of drug-likeness (QED) is 0.451. The summed E-state index contributed by atoms with van der Waals surface area (Å²) in [6.07, 6.45) is 3.04. The number of aryl methyl sites for hydroxylation is 3. The molecule has 7 nitrogen and oxygen atoms in total. The van der Waals surface area contributed by atoms with E-state index >= 15 is 0 Å². The maximum atomic E-state index is 13.7. The van der Waals surface area contributed by atoms with Crippen LogP contribution >= 0.6 is 22.7 Å². The van der Waals surface area contributed by atoms with Crippen LogP contribution in [0.4, 0.5) is 0 Å². The zero-order valence-electron chi connectivity index (χ0n) is 19.2. The molecule has 2 fully saturated rings. The predicted octanol–water partition coefficient (Wildman–Crippen LogP) is 4.34. The number of hydrogen-bond acceptors (Lipinski definition) is 6. The normalized spacial score (nSPS) is 21.1. The highest BCUT2D eigenvalue weighted by Crippen LogP contribution is 2.50. The van der Waals surface area contributed by atoms with Gasteiger partial charge in [-0.2, -0.15) is 0 Å². The van der Waals surface area contributed by atoms with Crippen LogP contribution in [0, 0.1) is 32.6 Å². The Labute approximate surface area is 205 Å². The third kappa shape index (κ3) is 3.54. The molecule has 174 valence electrons. The second-order valence-corrected chi connectivity index (χ2v) is 11.4. The second kappa shape index (κ2) is 8.02. The Kier molecular flexibility index (Phi) is 5.07. The van der Waals surface area contributed by atoms with Gasteiger partial charge in [0.25, 0.3) is 11.8 Å². The van der Waals surface area contributed by atoms with Crippen molar-refractivity contribution in [3.05, 3.63) is 63.5 Å². The van der Waals surface area contributed by atoms with Crippen LogP contribution in [0.3, 0.4) is 0 Å². The minimum absolute atomic E-state index is 0.0159. The van der Waals surface area contributed by atoms with Crippen molar-refractivity contribution in [3.63, 3.8) is 0 Å². The Morgan fingerprint density at radius 1 is 1.18 bits per heavy atom. The first kappa shape index (κ1) is 21.5. The van der Waals surface area contributed by atoms with Gasteiger partial charge in [0.1, 0.15) is 5.69 Å². The van der Waals surface area contributed by atoms with Gasteiger partial charge in [-0.3, -0.25) is 14.0 Å². The van der Waals surface area contributed by atoms with Gasteiger partial charge < -0.3 is 10.2 Å². The molecular formula is C25H25N5O2S2. The van der Waals surface area contributed by atoms with Gasteiger partial charge in [0.05, 0.1) is 21.6 Å². The molecule has 1 saturated carbocycles. The average Bonchev–Trinajstić information content (AvgIpc) is 3.18. The molecule has 1 aliphatic carbocycles. The standard InChI is InChI=1S/C25H25N5O2S2/c1-13-5-4-6-16(9-13)22-21(27-15(3)34-22)24(32)30-12-17-10-18(17)19(30)11-26-23(31)20-14(2)29-7-8-33-25(29)28-20/h4-9,17-19H,10-12H2,1-3H3,(H,26,31)/t17-,18-,19-/m1/s1. The third-order valence-corrected chi connectivity index (χ3v) is 8.75. The lowest BCUT2D eigenvalue weighted by atomic mass is 10.1. The van der Waals surface area contributed by atoms with Crippen molar-refractivity contribution in [2.75, 3.05) is 13.1 Å². The van der Waals surface area contributed by atoms with Crippen molar-refractivity contribution in [1.29, 1.82) is 0 Å². The summed E-state index contributed by atoms with van der Waals surface area (Å²) < 4.78 is 1.93. The molecule has 0 unspecified atom stereocenters. The van der Waals surface area contributed by atoms with Gasteiger partial charge in [-0.25, -0.2) is 9.97 Å². The first-order chi connectivity index (χ1) is 16.4. The summed E-state index contributed by atoms with van der Waals surface area (Å²) in [7, 11) is 0. The summed E-state index contributed by atoms with van der Waals surface area (Å²) in [5.41, 5.74) is 3.98. The highest BCUT2D eigenvalue weighted by molar-refractivity contribution is 7.15. The Morgan fingerprint density at radius 2 is 2.03 bits per heavy atom. The van der Waals surface area contributed by atoms with Crippen molar-refractivity contribution in [3.8, 4) is 10.4 Å². The Bertz CT molecular complexity index is 1430. The summed E-state index contributed by atoms with van der Waals surface area (Å²) in [5.74, 6) is 0.742.